The lowest BCUT2D eigenvalue weighted by molar-refractivity contribution is -0.151. The predicted molar refractivity (Wildman–Crippen MR) is 68.6 cm³/mol. The van der Waals surface area contributed by atoms with E-state index >= 15 is 0 Å². The first-order valence-electron chi connectivity index (χ1n) is 5.50. The van der Waals surface area contributed by atoms with Gasteiger partial charge in [-0.15, -0.1) is 11.3 Å². The predicted octanol–water partition coefficient (Wildman–Crippen LogP) is 0.465. The number of nitrogens with zero attached hydrogens (tertiary/aromatic N) is 1. The average molecular weight is 285 g/mol. The number of esters is 2. The van der Waals surface area contributed by atoms with Gasteiger partial charge in [-0.25, -0.2) is 0 Å². The molecule has 0 saturated carbocycles. The van der Waals surface area contributed by atoms with Crippen LogP contribution in [-0.4, -0.2) is 50.1 Å². The summed E-state index contributed by atoms with van der Waals surface area (Å²) in [6.07, 6.45) is 0.144. The van der Waals surface area contributed by atoms with E-state index < -0.39 is 11.9 Å². The van der Waals surface area contributed by atoms with Gasteiger partial charge in [0, 0.05) is 4.88 Å². The van der Waals surface area contributed by atoms with Gasteiger partial charge < -0.3 is 14.4 Å². The Kier molecular flexibility index (Phi) is 6.01. The van der Waals surface area contributed by atoms with E-state index in [2.05, 4.69) is 9.47 Å². The van der Waals surface area contributed by atoms with Crippen molar-refractivity contribution in [2.45, 2.75) is 6.42 Å². The summed E-state index contributed by atoms with van der Waals surface area (Å²) in [5, 5.41) is 1.85. The summed E-state index contributed by atoms with van der Waals surface area (Å²) in [4.78, 5) is 36.5. The third kappa shape index (κ3) is 5.09. The lowest BCUT2D eigenvalue weighted by Crippen LogP contribution is -2.40. The maximum atomic E-state index is 12.0. The van der Waals surface area contributed by atoms with Crippen LogP contribution in [0, 0.1) is 0 Å². The minimum Gasteiger partial charge on any atom is -0.468 e. The van der Waals surface area contributed by atoms with Crippen molar-refractivity contribution >= 4 is 29.2 Å². The number of ether oxygens (including phenoxy) is 2. The summed E-state index contributed by atoms with van der Waals surface area (Å²) in [5.74, 6) is -1.48. The summed E-state index contributed by atoms with van der Waals surface area (Å²) in [6.45, 7) is -0.536. The van der Waals surface area contributed by atoms with E-state index in [1.165, 1.54) is 25.6 Å². The number of carbonyl (C=O) groups is 3. The summed E-state index contributed by atoms with van der Waals surface area (Å²) in [7, 11) is 2.45. The third-order valence-corrected chi connectivity index (χ3v) is 3.23. The van der Waals surface area contributed by atoms with E-state index in [0.29, 0.717) is 0 Å². The monoisotopic (exact) mass is 285 g/mol. The van der Waals surface area contributed by atoms with Crippen LogP contribution in [0.25, 0.3) is 0 Å². The number of hydrogen-bond donors (Lipinski definition) is 0. The highest BCUT2D eigenvalue weighted by atomic mass is 32.1. The van der Waals surface area contributed by atoms with Crippen molar-refractivity contribution in [2.24, 2.45) is 0 Å². The van der Waals surface area contributed by atoms with Gasteiger partial charge in [0.05, 0.1) is 20.6 Å². The van der Waals surface area contributed by atoms with Crippen molar-refractivity contribution in [3.8, 4) is 0 Å². The summed E-state index contributed by atoms with van der Waals surface area (Å²) in [6, 6.07) is 3.65. The lowest BCUT2D eigenvalue weighted by Gasteiger charge is -2.19. The van der Waals surface area contributed by atoms with E-state index in [1.54, 1.807) is 0 Å². The SMILES string of the molecule is COC(=O)CN(CC(=O)OC)C(=O)Cc1cccs1. The van der Waals surface area contributed by atoms with E-state index in [1.807, 2.05) is 17.5 Å². The Morgan fingerprint density at radius 3 is 2.16 bits per heavy atom. The molecular weight excluding hydrogens is 270 g/mol. The van der Waals surface area contributed by atoms with Crippen molar-refractivity contribution in [2.75, 3.05) is 27.3 Å². The summed E-state index contributed by atoms with van der Waals surface area (Å²) >= 11 is 1.44. The molecule has 0 fully saturated rings. The van der Waals surface area contributed by atoms with Gasteiger partial charge in [-0.2, -0.15) is 0 Å². The normalized spacial score (nSPS) is 9.79. The molecular formula is C12H15NO5S. The second-order valence-electron chi connectivity index (χ2n) is 3.66. The molecule has 0 aliphatic heterocycles. The minimum atomic E-state index is -0.580. The Morgan fingerprint density at radius 1 is 1.16 bits per heavy atom. The quantitative estimate of drug-likeness (QED) is 0.710. The molecule has 6 nitrogen and oxygen atoms in total. The van der Waals surface area contributed by atoms with Crippen molar-refractivity contribution in [3.05, 3.63) is 22.4 Å². The zero-order valence-electron chi connectivity index (χ0n) is 10.8. The molecule has 0 N–H and O–H groups in total. The molecule has 0 aliphatic rings. The van der Waals surface area contributed by atoms with E-state index in [9.17, 15) is 14.4 Å². The van der Waals surface area contributed by atoms with Crippen LogP contribution in [0.1, 0.15) is 4.88 Å². The zero-order chi connectivity index (χ0) is 14.3. The zero-order valence-corrected chi connectivity index (χ0v) is 11.6. The van der Waals surface area contributed by atoms with Crippen molar-refractivity contribution in [1.82, 2.24) is 4.90 Å². The Balaban J connectivity index is 2.68. The number of carbonyl (C=O) groups excluding carboxylic acids is 3. The maximum Gasteiger partial charge on any atom is 0.325 e. The van der Waals surface area contributed by atoms with Crippen LogP contribution in [0.3, 0.4) is 0 Å². The molecule has 0 spiro atoms. The first kappa shape index (κ1) is 15.2. The van der Waals surface area contributed by atoms with Gasteiger partial charge in [0.2, 0.25) is 5.91 Å². The fraction of sp³-hybridized carbons (Fsp3) is 0.417. The molecule has 0 aliphatic carbocycles. The molecule has 7 heteroatoms. The second kappa shape index (κ2) is 7.52. The van der Waals surface area contributed by atoms with Gasteiger partial charge in [0.25, 0.3) is 0 Å². The van der Waals surface area contributed by atoms with Crippen LogP contribution in [0.15, 0.2) is 17.5 Å². The number of thiophene rings is 1. The molecule has 0 bridgehead atoms. The fourth-order valence-electron chi connectivity index (χ4n) is 1.35. The largest absolute Gasteiger partial charge is 0.468 e. The highest BCUT2D eigenvalue weighted by molar-refractivity contribution is 7.10. The molecule has 1 amide bonds. The molecule has 1 aromatic rings. The molecule has 0 aromatic carbocycles. The van der Waals surface area contributed by atoms with E-state index in [4.69, 9.17) is 0 Å². The number of amides is 1. The fourth-order valence-corrected chi connectivity index (χ4v) is 2.04. The second-order valence-corrected chi connectivity index (χ2v) is 4.69. The van der Waals surface area contributed by atoms with E-state index in [-0.39, 0.29) is 25.4 Å². The lowest BCUT2D eigenvalue weighted by atomic mass is 10.3. The van der Waals surface area contributed by atoms with Crippen LogP contribution in [0.2, 0.25) is 0 Å². The van der Waals surface area contributed by atoms with Gasteiger partial charge in [0.15, 0.2) is 0 Å². The van der Waals surface area contributed by atoms with Gasteiger partial charge >= 0.3 is 11.9 Å². The molecule has 104 valence electrons. The highest BCUT2D eigenvalue weighted by Gasteiger charge is 2.21. The average Bonchev–Trinajstić information content (AvgIpc) is 2.90. The Labute approximate surface area is 114 Å². The topological polar surface area (TPSA) is 72.9 Å². The summed E-state index contributed by atoms with van der Waals surface area (Å²) in [5.41, 5.74) is 0. The van der Waals surface area contributed by atoms with Gasteiger partial charge in [-0.1, -0.05) is 6.07 Å². The van der Waals surface area contributed by atoms with Crippen LogP contribution in [0.5, 0.6) is 0 Å². The number of methoxy groups -OCH3 is 2. The van der Waals surface area contributed by atoms with Crippen LogP contribution in [0.4, 0.5) is 0 Å². The van der Waals surface area contributed by atoms with Gasteiger partial charge in [-0.05, 0) is 11.4 Å². The Bertz CT molecular complexity index is 425. The van der Waals surface area contributed by atoms with Crippen LogP contribution in [-0.2, 0) is 30.3 Å². The first-order valence-corrected chi connectivity index (χ1v) is 6.38. The van der Waals surface area contributed by atoms with Crippen molar-refractivity contribution < 1.29 is 23.9 Å². The van der Waals surface area contributed by atoms with Crippen LogP contribution >= 0.6 is 11.3 Å². The Morgan fingerprint density at radius 2 is 1.74 bits per heavy atom. The molecule has 0 saturated heterocycles. The molecule has 1 aromatic heterocycles. The highest BCUT2D eigenvalue weighted by Crippen LogP contribution is 2.10. The Hall–Kier alpha value is -1.89. The van der Waals surface area contributed by atoms with Crippen molar-refractivity contribution in [1.29, 1.82) is 0 Å². The smallest absolute Gasteiger partial charge is 0.325 e. The third-order valence-electron chi connectivity index (χ3n) is 2.35. The van der Waals surface area contributed by atoms with Gasteiger partial charge in [-0.3, -0.25) is 14.4 Å². The molecule has 19 heavy (non-hydrogen) atoms. The molecule has 1 rings (SSSR count). The van der Waals surface area contributed by atoms with Crippen molar-refractivity contribution in [3.63, 3.8) is 0 Å². The van der Waals surface area contributed by atoms with Gasteiger partial charge in [0.1, 0.15) is 13.1 Å². The molecule has 0 atom stereocenters. The molecule has 1 heterocycles. The standard InChI is InChI=1S/C12H15NO5S/c1-17-11(15)7-13(8-12(16)18-2)10(14)6-9-4-3-5-19-9/h3-5H,6-8H2,1-2H3. The van der Waals surface area contributed by atoms with E-state index in [0.717, 1.165) is 9.78 Å². The first-order chi connectivity index (χ1) is 9.06. The molecule has 0 unspecified atom stereocenters. The molecule has 0 radical (unpaired) electrons. The number of rotatable bonds is 6. The summed E-state index contributed by atoms with van der Waals surface area (Å²) < 4.78 is 9.00. The maximum absolute atomic E-state index is 12.0. The minimum absolute atomic E-state index is 0.144. The van der Waals surface area contributed by atoms with Crippen LogP contribution < -0.4 is 0 Å². The number of hydrogen-bond acceptors (Lipinski definition) is 6.